The Labute approximate surface area is 127 Å². The van der Waals surface area contributed by atoms with E-state index in [1.807, 2.05) is 25.1 Å². The highest BCUT2D eigenvalue weighted by Gasteiger charge is 2.30. The SMILES string of the molecule is CCNC(CC1CCS(=O)(=O)C1)c1ccccc1OCC. The lowest BCUT2D eigenvalue weighted by Gasteiger charge is -2.23. The molecule has 0 amide bonds. The van der Waals surface area contributed by atoms with E-state index in [4.69, 9.17) is 4.74 Å². The first-order chi connectivity index (χ1) is 10.1. The lowest BCUT2D eigenvalue weighted by Crippen LogP contribution is -2.24. The summed E-state index contributed by atoms with van der Waals surface area (Å²) >= 11 is 0. The van der Waals surface area contributed by atoms with Gasteiger partial charge in [-0.25, -0.2) is 8.42 Å². The molecule has 1 saturated heterocycles. The summed E-state index contributed by atoms with van der Waals surface area (Å²) in [5.74, 6) is 1.80. The Morgan fingerprint density at radius 2 is 2.10 bits per heavy atom. The van der Waals surface area contributed by atoms with E-state index >= 15 is 0 Å². The van der Waals surface area contributed by atoms with Crippen molar-refractivity contribution in [2.75, 3.05) is 24.7 Å². The van der Waals surface area contributed by atoms with Gasteiger partial charge in [0.1, 0.15) is 5.75 Å². The fraction of sp³-hybridized carbons (Fsp3) is 0.625. The molecule has 1 aromatic carbocycles. The second kappa shape index (κ2) is 7.27. The third kappa shape index (κ3) is 4.45. The van der Waals surface area contributed by atoms with Crippen molar-refractivity contribution < 1.29 is 13.2 Å². The van der Waals surface area contributed by atoms with Gasteiger partial charge in [0.15, 0.2) is 9.84 Å². The van der Waals surface area contributed by atoms with E-state index in [-0.39, 0.29) is 12.0 Å². The van der Waals surface area contributed by atoms with E-state index in [0.717, 1.165) is 30.7 Å². The van der Waals surface area contributed by atoms with Crippen LogP contribution in [-0.2, 0) is 9.84 Å². The molecule has 1 aliphatic heterocycles. The lowest BCUT2D eigenvalue weighted by atomic mass is 9.93. The number of rotatable bonds is 7. The molecule has 2 rings (SSSR count). The number of hydrogen-bond donors (Lipinski definition) is 1. The Bertz CT molecular complexity index is 556. The van der Waals surface area contributed by atoms with Crippen LogP contribution in [0.15, 0.2) is 24.3 Å². The van der Waals surface area contributed by atoms with Crippen LogP contribution in [0.1, 0.15) is 38.3 Å². The topological polar surface area (TPSA) is 55.4 Å². The van der Waals surface area contributed by atoms with Crippen molar-refractivity contribution in [2.24, 2.45) is 5.92 Å². The van der Waals surface area contributed by atoms with Gasteiger partial charge in [0.25, 0.3) is 0 Å². The summed E-state index contributed by atoms with van der Waals surface area (Å²) in [6.07, 6.45) is 1.62. The second-order valence-corrected chi connectivity index (χ2v) is 7.81. The third-order valence-electron chi connectivity index (χ3n) is 3.94. The third-order valence-corrected chi connectivity index (χ3v) is 5.78. The Morgan fingerprint density at radius 3 is 2.71 bits per heavy atom. The van der Waals surface area contributed by atoms with E-state index in [1.165, 1.54) is 0 Å². The minimum absolute atomic E-state index is 0.149. The van der Waals surface area contributed by atoms with E-state index < -0.39 is 9.84 Å². The summed E-state index contributed by atoms with van der Waals surface area (Å²) in [6.45, 7) is 5.53. The van der Waals surface area contributed by atoms with E-state index in [0.29, 0.717) is 18.1 Å². The normalized spacial score (nSPS) is 22.1. The van der Waals surface area contributed by atoms with Gasteiger partial charge in [0.05, 0.1) is 18.1 Å². The van der Waals surface area contributed by atoms with Gasteiger partial charge in [-0.1, -0.05) is 25.1 Å². The van der Waals surface area contributed by atoms with Crippen molar-refractivity contribution >= 4 is 9.84 Å². The molecule has 1 fully saturated rings. The van der Waals surface area contributed by atoms with Gasteiger partial charge < -0.3 is 10.1 Å². The van der Waals surface area contributed by atoms with E-state index in [1.54, 1.807) is 0 Å². The zero-order chi connectivity index (χ0) is 15.3. The van der Waals surface area contributed by atoms with Crippen LogP contribution in [0.5, 0.6) is 5.75 Å². The lowest BCUT2D eigenvalue weighted by molar-refractivity contribution is 0.326. The number of sulfone groups is 1. The van der Waals surface area contributed by atoms with Crippen LogP contribution < -0.4 is 10.1 Å². The molecule has 21 heavy (non-hydrogen) atoms. The number of ether oxygens (including phenoxy) is 1. The molecule has 2 atom stereocenters. The quantitative estimate of drug-likeness (QED) is 0.841. The molecule has 0 spiro atoms. The summed E-state index contributed by atoms with van der Waals surface area (Å²) in [5, 5.41) is 3.48. The molecule has 1 aromatic rings. The second-order valence-electron chi connectivity index (χ2n) is 5.59. The summed E-state index contributed by atoms with van der Waals surface area (Å²) in [7, 11) is -2.82. The maximum atomic E-state index is 11.6. The Balaban J connectivity index is 2.15. The van der Waals surface area contributed by atoms with Crippen LogP contribution in [0.4, 0.5) is 0 Å². The summed E-state index contributed by atoms with van der Waals surface area (Å²) in [4.78, 5) is 0. The number of benzene rings is 1. The molecular formula is C16H25NO3S. The Morgan fingerprint density at radius 1 is 1.33 bits per heavy atom. The van der Waals surface area contributed by atoms with Gasteiger partial charge in [0, 0.05) is 11.6 Å². The molecule has 0 radical (unpaired) electrons. The number of hydrogen-bond acceptors (Lipinski definition) is 4. The largest absolute Gasteiger partial charge is 0.494 e. The summed E-state index contributed by atoms with van der Waals surface area (Å²) in [6, 6.07) is 8.18. The average molecular weight is 311 g/mol. The molecule has 0 saturated carbocycles. The first-order valence-electron chi connectivity index (χ1n) is 7.71. The van der Waals surface area contributed by atoms with Crippen molar-refractivity contribution in [1.29, 1.82) is 0 Å². The van der Waals surface area contributed by atoms with Gasteiger partial charge in [-0.15, -0.1) is 0 Å². The van der Waals surface area contributed by atoms with Gasteiger partial charge in [0.2, 0.25) is 0 Å². The highest BCUT2D eigenvalue weighted by molar-refractivity contribution is 7.91. The molecule has 2 unspecified atom stereocenters. The molecule has 0 bridgehead atoms. The molecule has 0 aliphatic carbocycles. The maximum absolute atomic E-state index is 11.6. The smallest absolute Gasteiger partial charge is 0.150 e. The number of nitrogens with one attached hydrogen (secondary N) is 1. The van der Waals surface area contributed by atoms with Crippen LogP contribution in [0.3, 0.4) is 0 Å². The van der Waals surface area contributed by atoms with Crippen LogP contribution in [-0.4, -0.2) is 33.1 Å². The van der Waals surface area contributed by atoms with Gasteiger partial charge >= 0.3 is 0 Å². The molecule has 1 heterocycles. The number of para-hydroxylation sites is 1. The highest BCUT2D eigenvalue weighted by atomic mass is 32.2. The minimum Gasteiger partial charge on any atom is -0.494 e. The first-order valence-corrected chi connectivity index (χ1v) is 9.53. The minimum atomic E-state index is -2.82. The highest BCUT2D eigenvalue weighted by Crippen LogP contribution is 2.33. The van der Waals surface area contributed by atoms with Gasteiger partial charge in [-0.2, -0.15) is 0 Å². The zero-order valence-corrected chi connectivity index (χ0v) is 13.7. The molecule has 0 aromatic heterocycles. The predicted molar refractivity (Wildman–Crippen MR) is 85.4 cm³/mol. The maximum Gasteiger partial charge on any atom is 0.150 e. The fourth-order valence-electron chi connectivity index (χ4n) is 3.01. The van der Waals surface area contributed by atoms with Crippen molar-refractivity contribution in [3.8, 4) is 5.75 Å². The van der Waals surface area contributed by atoms with Crippen molar-refractivity contribution in [3.63, 3.8) is 0 Å². The average Bonchev–Trinajstić information content (AvgIpc) is 2.79. The van der Waals surface area contributed by atoms with Gasteiger partial charge in [-0.05, 0) is 38.3 Å². The monoisotopic (exact) mass is 311 g/mol. The van der Waals surface area contributed by atoms with Crippen LogP contribution in [0.25, 0.3) is 0 Å². The van der Waals surface area contributed by atoms with Crippen molar-refractivity contribution in [3.05, 3.63) is 29.8 Å². The fourth-order valence-corrected chi connectivity index (χ4v) is 4.89. The van der Waals surface area contributed by atoms with E-state index in [2.05, 4.69) is 18.3 Å². The molecule has 1 N–H and O–H groups in total. The molecule has 5 heteroatoms. The molecular weight excluding hydrogens is 286 g/mol. The van der Waals surface area contributed by atoms with E-state index in [9.17, 15) is 8.42 Å². The standard InChI is InChI=1S/C16H25NO3S/c1-3-17-15(11-13-9-10-21(18,19)12-13)14-7-5-6-8-16(14)20-4-2/h5-8,13,15,17H,3-4,9-12H2,1-2H3. The first kappa shape index (κ1) is 16.3. The van der Waals surface area contributed by atoms with Gasteiger partial charge in [-0.3, -0.25) is 0 Å². The van der Waals surface area contributed by atoms with Crippen molar-refractivity contribution in [1.82, 2.24) is 5.32 Å². The van der Waals surface area contributed by atoms with Crippen LogP contribution in [0.2, 0.25) is 0 Å². The molecule has 1 aliphatic rings. The van der Waals surface area contributed by atoms with Crippen molar-refractivity contribution in [2.45, 2.75) is 32.7 Å². The predicted octanol–water partition coefficient (Wildman–Crippen LogP) is 2.56. The van der Waals surface area contributed by atoms with Crippen LogP contribution in [0, 0.1) is 5.92 Å². The molecule has 4 nitrogen and oxygen atoms in total. The summed E-state index contributed by atoms with van der Waals surface area (Å²) < 4.78 is 29.0. The van der Waals surface area contributed by atoms with Crippen LogP contribution >= 0.6 is 0 Å². The Kier molecular flexibility index (Phi) is 5.65. The summed E-state index contributed by atoms with van der Waals surface area (Å²) in [5.41, 5.74) is 1.13. The zero-order valence-electron chi connectivity index (χ0n) is 12.8. The molecule has 118 valence electrons. The Hall–Kier alpha value is -1.07.